The molecular weight excluding hydrogens is 308 g/mol. The molecule has 1 atom stereocenters. The fourth-order valence-electron chi connectivity index (χ4n) is 3.22. The lowest BCUT2D eigenvalue weighted by Gasteiger charge is -2.36. The van der Waals surface area contributed by atoms with E-state index in [1.165, 1.54) is 0 Å². The Morgan fingerprint density at radius 2 is 1.75 bits per heavy atom. The second-order valence-electron chi connectivity index (χ2n) is 6.21. The first kappa shape index (κ1) is 18.5. The van der Waals surface area contributed by atoms with Crippen LogP contribution in [0.1, 0.15) is 36.9 Å². The molecule has 1 unspecified atom stereocenters. The number of ether oxygens (including phenoxy) is 3. The fraction of sp³-hybridized carbons (Fsp3) is 0.611. The number of carbonyl (C=O) groups excluding carboxylic acids is 1. The Bertz CT molecular complexity index is 583. The number of benzene rings is 1. The summed E-state index contributed by atoms with van der Waals surface area (Å²) in [5.41, 5.74) is 1.29. The van der Waals surface area contributed by atoms with E-state index < -0.39 is 5.60 Å². The van der Waals surface area contributed by atoms with Crippen LogP contribution in [0.25, 0.3) is 0 Å². The highest BCUT2D eigenvalue weighted by Gasteiger charge is 2.40. The topological polar surface area (TPSA) is 68.8 Å². The number of piperidine rings is 1. The van der Waals surface area contributed by atoms with Crippen molar-refractivity contribution in [1.82, 2.24) is 10.6 Å². The van der Waals surface area contributed by atoms with Crippen molar-refractivity contribution in [1.29, 1.82) is 0 Å². The van der Waals surface area contributed by atoms with Gasteiger partial charge in [-0.1, -0.05) is 0 Å². The first-order valence-electron chi connectivity index (χ1n) is 8.26. The number of hydrogen-bond donors (Lipinski definition) is 2. The summed E-state index contributed by atoms with van der Waals surface area (Å²) in [6, 6.07) is 3.69. The lowest BCUT2D eigenvalue weighted by atomic mass is 9.90. The maximum atomic E-state index is 12.8. The molecule has 1 fully saturated rings. The molecule has 0 bridgehead atoms. The summed E-state index contributed by atoms with van der Waals surface area (Å²) in [7, 11) is 4.83. The van der Waals surface area contributed by atoms with E-state index in [1.807, 2.05) is 26.0 Å². The number of aryl methyl sites for hydroxylation is 1. The minimum absolute atomic E-state index is 0.0619. The molecule has 0 aliphatic carbocycles. The van der Waals surface area contributed by atoms with Crippen LogP contribution in [0, 0.1) is 6.92 Å². The van der Waals surface area contributed by atoms with Crippen molar-refractivity contribution in [2.75, 3.05) is 34.4 Å². The molecule has 0 aromatic heterocycles. The van der Waals surface area contributed by atoms with Gasteiger partial charge in [0.25, 0.3) is 5.91 Å². The zero-order valence-corrected chi connectivity index (χ0v) is 15.2. The van der Waals surface area contributed by atoms with E-state index in [0.29, 0.717) is 24.3 Å². The standard InChI is InChI=1S/C18H28N2O4/c1-12-10-15(22-3)16(23-4)11-14(12)13(2)20-17(21)18(24-5)6-8-19-9-7-18/h10-11,13,19H,6-9H2,1-5H3,(H,20,21). The third-order valence-electron chi connectivity index (χ3n) is 4.80. The third kappa shape index (κ3) is 3.65. The van der Waals surface area contributed by atoms with E-state index in [9.17, 15) is 4.79 Å². The number of nitrogens with one attached hydrogen (secondary N) is 2. The van der Waals surface area contributed by atoms with E-state index in [0.717, 1.165) is 24.2 Å². The summed E-state index contributed by atoms with van der Waals surface area (Å²) < 4.78 is 16.3. The van der Waals surface area contributed by atoms with Crippen LogP contribution in [-0.4, -0.2) is 45.9 Å². The second kappa shape index (κ2) is 7.85. The van der Waals surface area contributed by atoms with Crippen molar-refractivity contribution in [3.8, 4) is 11.5 Å². The number of rotatable bonds is 6. The molecule has 0 spiro atoms. The molecule has 1 saturated heterocycles. The van der Waals surface area contributed by atoms with Gasteiger partial charge >= 0.3 is 0 Å². The summed E-state index contributed by atoms with van der Waals surface area (Å²) in [5, 5.41) is 6.36. The summed E-state index contributed by atoms with van der Waals surface area (Å²) in [4.78, 5) is 12.8. The molecule has 2 rings (SSSR count). The zero-order valence-electron chi connectivity index (χ0n) is 15.2. The van der Waals surface area contributed by atoms with Gasteiger partial charge in [0.15, 0.2) is 11.5 Å². The Labute approximate surface area is 143 Å². The monoisotopic (exact) mass is 336 g/mol. The van der Waals surface area contributed by atoms with E-state index in [-0.39, 0.29) is 11.9 Å². The van der Waals surface area contributed by atoms with E-state index in [4.69, 9.17) is 14.2 Å². The minimum atomic E-state index is -0.746. The van der Waals surface area contributed by atoms with Crippen LogP contribution in [-0.2, 0) is 9.53 Å². The fourth-order valence-corrected chi connectivity index (χ4v) is 3.22. The highest BCUT2D eigenvalue weighted by atomic mass is 16.5. The van der Waals surface area contributed by atoms with Gasteiger partial charge in [-0.15, -0.1) is 0 Å². The Kier molecular flexibility index (Phi) is 6.07. The molecule has 2 N–H and O–H groups in total. The lowest BCUT2D eigenvalue weighted by molar-refractivity contribution is -0.147. The molecule has 0 radical (unpaired) electrons. The van der Waals surface area contributed by atoms with Crippen LogP contribution >= 0.6 is 0 Å². The van der Waals surface area contributed by atoms with Crippen LogP contribution in [0.15, 0.2) is 12.1 Å². The van der Waals surface area contributed by atoms with Crippen molar-refractivity contribution in [2.45, 2.75) is 38.3 Å². The van der Waals surface area contributed by atoms with Crippen molar-refractivity contribution >= 4 is 5.91 Å². The van der Waals surface area contributed by atoms with Gasteiger partial charge in [-0.3, -0.25) is 4.79 Å². The van der Waals surface area contributed by atoms with Gasteiger partial charge in [-0.05, 0) is 63.0 Å². The first-order chi connectivity index (χ1) is 11.5. The quantitative estimate of drug-likeness (QED) is 0.831. The van der Waals surface area contributed by atoms with Crippen LogP contribution in [0.4, 0.5) is 0 Å². The predicted molar refractivity (Wildman–Crippen MR) is 92.7 cm³/mol. The number of hydrogen-bond acceptors (Lipinski definition) is 5. The Morgan fingerprint density at radius 1 is 1.17 bits per heavy atom. The molecule has 6 nitrogen and oxygen atoms in total. The zero-order chi connectivity index (χ0) is 17.7. The molecule has 0 saturated carbocycles. The van der Waals surface area contributed by atoms with E-state index >= 15 is 0 Å². The molecule has 1 heterocycles. The molecule has 24 heavy (non-hydrogen) atoms. The maximum Gasteiger partial charge on any atom is 0.252 e. The van der Waals surface area contributed by atoms with Crippen LogP contribution in [0.5, 0.6) is 11.5 Å². The van der Waals surface area contributed by atoms with Gasteiger partial charge in [-0.2, -0.15) is 0 Å². The lowest BCUT2D eigenvalue weighted by Crippen LogP contribution is -2.54. The third-order valence-corrected chi connectivity index (χ3v) is 4.80. The SMILES string of the molecule is COc1cc(C)c(C(C)NC(=O)C2(OC)CCNCC2)cc1OC. The molecule has 1 aromatic carbocycles. The van der Waals surface area contributed by atoms with Crippen LogP contribution < -0.4 is 20.1 Å². The normalized spacial score (nSPS) is 17.9. The summed E-state index contributed by atoms with van der Waals surface area (Å²) >= 11 is 0. The molecule has 6 heteroatoms. The molecule has 134 valence electrons. The van der Waals surface area contributed by atoms with Gasteiger partial charge in [0.2, 0.25) is 0 Å². The van der Waals surface area contributed by atoms with Gasteiger partial charge in [0.05, 0.1) is 20.3 Å². The van der Waals surface area contributed by atoms with Crippen LogP contribution in [0.3, 0.4) is 0 Å². The van der Waals surface area contributed by atoms with Crippen molar-refractivity contribution in [2.24, 2.45) is 0 Å². The Morgan fingerprint density at radius 3 is 2.29 bits per heavy atom. The summed E-state index contributed by atoms with van der Waals surface area (Å²) in [5.74, 6) is 1.28. The molecule has 1 aromatic rings. The highest BCUT2D eigenvalue weighted by molar-refractivity contribution is 5.85. The number of methoxy groups -OCH3 is 3. The van der Waals surface area contributed by atoms with E-state index in [2.05, 4.69) is 10.6 Å². The number of carbonyl (C=O) groups is 1. The summed E-state index contributed by atoms with van der Waals surface area (Å²) in [6.45, 7) is 5.53. The Hall–Kier alpha value is -1.79. The van der Waals surface area contributed by atoms with Crippen molar-refractivity contribution in [3.63, 3.8) is 0 Å². The maximum absolute atomic E-state index is 12.8. The number of amides is 1. The van der Waals surface area contributed by atoms with Gasteiger partial charge in [-0.25, -0.2) is 0 Å². The van der Waals surface area contributed by atoms with Crippen molar-refractivity contribution < 1.29 is 19.0 Å². The predicted octanol–water partition coefficient (Wildman–Crippen LogP) is 1.96. The minimum Gasteiger partial charge on any atom is -0.493 e. The summed E-state index contributed by atoms with van der Waals surface area (Å²) in [6.07, 6.45) is 1.35. The smallest absolute Gasteiger partial charge is 0.252 e. The molecule has 1 amide bonds. The molecule has 1 aliphatic heterocycles. The first-order valence-corrected chi connectivity index (χ1v) is 8.26. The van der Waals surface area contributed by atoms with Gasteiger partial charge in [0, 0.05) is 7.11 Å². The second-order valence-corrected chi connectivity index (χ2v) is 6.21. The van der Waals surface area contributed by atoms with Crippen LogP contribution in [0.2, 0.25) is 0 Å². The molecule has 1 aliphatic rings. The van der Waals surface area contributed by atoms with E-state index in [1.54, 1.807) is 21.3 Å². The van der Waals surface area contributed by atoms with Gasteiger partial charge in [0.1, 0.15) is 5.60 Å². The van der Waals surface area contributed by atoms with Crippen molar-refractivity contribution in [3.05, 3.63) is 23.3 Å². The van der Waals surface area contributed by atoms with Gasteiger partial charge < -0.3 is 24.8 Å². The molecular formula is C18H28N2O4. The average Bonchev–Trinajstić information content (AvgIpc) is 2.61. The average molecular weight is 336 g/mol. The largest absolute Gasteiger partial charge is 0.493 e. The Balaban J connectivity index is 2.19. The highest BCUT2D eigenvalue weighted by Crippen LogP contribution is 2.33.